The van der Waals surface area contributed by atoms with Crippen molar-refractivity contribution in [3.63, 3.8) is 0 Å². The Balaban J connectivity index is 1.73. The van der Waals surface area contributed by atoms with E-state index in [-0.39, 0.29) is 29.5 Å². The number of halogens is 1. The lowest BCUT2D eigenvalue weighted by atomic mass is 10.0. The van der Waals surface area contributed by atoms with Crippen molar-refractivity contribution in [2.45, 2.75) is 24.8 Å². The number of hydrogen-bond donors (Lipinski definition) is 2. The van der Waals surface area contributed by atoms with Gasteiger partial charge in [-0.2, -0.15) is 15.1 Å². The Hall–Kier alpha value is -2.19. The molecule has 0 spiro atoms. The van der Waals surface area contributed by atoms with Crippen molar-refractivity contribution in [3.05, 3.63) is 28.9 Å². The summed E-state index contributed by atoms with van der Waals surface area (Å²) in [4.78, 5) is 12.5. The summed E-state index contributed by atoms with van der Waals surface area (Å²) in [7, 11) is 1.93. The van der Waals surface area contributed by atoms with Crippen molar-refractivity contribution >= 4 is 28.7 Å². The monoisotopic (exact) mass is 333 g/mol. The van der Waals surface area contributed by atoms with Gasteiger partial charge in [-0.1, -0.05) is 11.6 Å². The molecule has 23 heavy (non-hydrogen) atoms. The van der Waals surface area contributed by atoms with Gasteiger partial charge >= 0.3 is 0 Å². The van der Waals surface area contributed by atoms with Gasteiger partial charge in [0.15, 0.2) is 10.8 Å². The molecule has 0 saturated carbocycles. The van der Waals surface area contributed by atoms with Crippen LogP contribution in [0.4, 0.5) is 5.95 Å². The number of nitrogens with two attached hydrogens (primary N) is 1. The van der Waals surface area contributed by atoms with E-state index in [1.807, 2.05) is 22.5 Å². The molecule has 0 amide bonds. The highest BCUT2D eigenvalue weighted by molar-refractivity contribution is 6.33. The topological polar surface area (TPSA) is 108 Å². The number of aliphatic hydroxyl groups is 1. The van der Waals surface area contributed by atoms with Gasteiger partial charge in [0, 0.05) is 31.1 Å². The molecule has 0 aliphatic heterocycles. The first-order valence-corrected chi connectivity index (χ1v) is 7.72. The van der Waals surface area contributed by atoms with E-state index in [0.29, 0.717) is 17.7 Å². The van der Waals surface area contributed by atoms with Gasteiger partial charge in [0.2, 0.25) is 5.95 Å². The maximum absolute atomic E-state index is 9.60. The van der Waals surface area contributed by atoms with Crippen LogP contribution in [0, 0.1) is 0 Å². The van der Waals surface area contributed by atoms with E-state index in [4.69, 9.17) is 17.3 Å². The molecule has 0 radical (unpaired) electrons. The molecule has 1 aliphatic carbocycles. The van der Waals surface area contributed by atoms with Gasteiger partial charge in [-0.15, -0.1) is 0 Å². The molecule has 0 unspecified atom stereocenters. The highest BCUT2D eigenvalue weighted by Crippen LogP contribution is 2.42. The van der Waals surface area contributed by atoms with Gasteiger partial charge in [0.05, 0.1) is 19.1 Å². The van der Waals surface area contributed by atoms with Gasteiger partial charge in [-0.05, 0) is 12.0 Å². The molecule has 3 N–H and O–H groups in total. The van der Waals surface area contributed by atoms with E-state index >= 15 is 0 Å². The number of hydrogen-bond acceptors (Lipinski definition) is 6. The van der Waals surface area contributed by atoms with E-state index < -0.39 is 0 Å². The summed E-state index contributed by atoms with van der Waals surface area (Å²) in [6.45, 7) is 0.799. The van der Waals surface area contributed by atoms with Crippen LogP contribution in [0.2, 0.25) is 5.15 Å². The molecule has 120 valence electrons. The van der Waals surface area contributed by atoms with Crippen LogP contribution in [0.1, 0.15) is 29.5 Å². The Bertz CT molecular complexity index is 887. The molecule has 3 heterocycles. The molecular weight excluding hydrogens is 318 g/mol. The second kappa shape index (κ2) is 5.17. The number of nitrogen functional groups attached to an aromatic ring is 1. The number of aromatic nitrogens is 6. The van der Waals surface area contributed by atoms with Crippen LogP contribution in [-0.4, -0.2) is 41.0 Å². The van der Waals surface area contributed by atoms with Gasteiger partial charge in [-0.25, -0.2) is 4.98 Å². The fraction of sp³-hybridized carbons (Fsp3) is 0.429. The average Bonchev–Trinajstić information content (AvgIpc) is 3.17. The summed E-state index contributed by atoms with van der Waals surface area (Å²) in [5.74, 6) is 0.480. The SMILES string of the molecule is Cn1ncc2c1[C@H](Cn1cnc3c(Cl)nc(N)nc31)C[C@@H]2CO. The second-order valence-electron chi connectivity index (χ2n) is 5.86. The van der Waals surface area contributed by atoms with Crippen molar-refractivity contribution in [1.29, 1.82) is 0 Å². The molecule has 0 aromatic carbocycles. The minimum atomic E-state index is 0.126. The number of anilines is 1. The van der Waals surface area contributed by atoms with E-state index in [1.54, 1.807) is 6.33 Å². The summed E-state index contributed by atoms with van der Waals surface area (Å²) >= 11 is 6.07. The van der Waals surface area contributed by atoms with Crippen LogP contribution < -0.4 is 5.73 Å². The summed E-state index contributed by atoms with van der Waals surface area (Å²) in [6.07, 6.45) is 4.41. The Morgan fingerprint density at radius 1 is 1.39 bits per heavy atom. The standard InChI is InChI=1S/C14H16ClN7O/c1-21-11-7(2-8(5-23)9(11)3-18-21)4-22-6-17-10-12(15)19-14(16)20-13(10)22/h3,6-8,23H,2,4-5H2,1H3,(H2,16,19,20)/t7-,8+/m0/s1. The number of rotatable bonds is 3. The largest absolute Gasteiger partial charge is 0.396 e. The summed E-state index contributed by atoms with van der Waals surface area (Å²) in [5, 5.41) is 14.2. The molecule has 1 aliphatic rings. The highest BCUT2D eigenvalue weighted by Gasteiger charge is 2.34. The van der Waals surface area contributed by atoms with Crippen LogP contribution in [0.3, 0.4) is 0 Å². The third-order valence-corrected chi connectivity index (χ3v) is 4.75. The smallest absolute Gasteiger partial charge is 0.223 e. The van der Waals surface area contributed by atoms with E-state index in [1.165, 1.54) is 0 Å². The molecule has 0 saturated heterocycles. The lowest BCUT2D eigenvalue weighted by molar-refractivity contribution is 0.259. The van der Waals surface area contributed by atoms with Crippen LogP contribution in [-0.2, 0) is 13.6 Å². The number of aryl methyl sites for hydroxylation is 1. The lowest BCUT2D eigenvalue weighted by Gasteiger charge is -2.14. The van der Waals surface area contributed by atoms with E-state index in [9.17, 15) is 5.11 Å². The van der Waals surface area contributed by atoms with Gasteiger partial charge in [0.25, 0.3) is 0 Å². The van der Waals surface area contributed by atoms with Crippen molar-refractivity contribution in [3.8, 4) is 0 Å². The van der Waals surface area contributed by atoms with Crippen molar-refractivity contribution in [2.24, 2.45) is 7.05 Å². The highest BCUT2D eigenvalue weighted by atomic mass is 35.5. The van der Waals surface area contributed by atoms with Crippen molar-refractivity contribution < 1.29 is 5.11 Å². The van der Waals surface area contributed by atoms with Gasteiger partial charge in [-0.3, -0.25) is 4.68 Å². The minimum absolute atomic E-state index is 0.126. The molecule has 2 atom stereocenters. The average molecular weight is 334 g/mol. The first-order chi connectivity index (χ1) is 11.1. The molecule has 0 fully saturated rings. The van der Waals surface area contributed by atoms with Crippen LogP contribution >= 0.6 is 11.6 Å². The Morgan fingerprint density at radius 3 is 3.00 bits per heavy atom. The predicted molar refractivity (Wildman–Crippen MR) is 85.1 cm³/mol. The van der Waals surface area contributed by atoms with E-state index in [2.05, 4.69) is 20.1 Å². The Morgan fingerprint density at radius 2 is 2.22 bits per heavy atom. The summed E-state index contributed by atoms with van der Waals surface area (Å²) in [6, 6.07) is 0. The van der Waals surface area contributed by atoms with Gasteiger partial charge in [0.1, 0.15) is 5.52 Å². The number of nitrogens with zero attached hydrogens (tertiary/aromatic N) is 6. The van der Waals surface area contributed by atoms with Crippen molar-refractivity contribution in [1.82, 2.24) is 29.3 Å². The van der Waals surface area contributed by atoms with E-state index in [0.717, 1.165) is 17.7 Å². The lowest BCUT2D eigenvalue weighted by Crippen LogP contribution is -2.11. The quantitative estimate of drug-likeness (QED) is 0.694. The fourth-order valence-electron chi connectivity index (χ4n) is 3.49. The predicted octanol–water partition coefficient (Wildman–Crippen LogP) is 1.06. The maximum Gasteiger partial charge on any atom is 0.223 e. The zero-order valence-electron chi connectivity index (χ0n) is 12.5. The minimum Gasteiger partial charge on any atom is -0.396 e. The Labute approximate surface area is 136 Å². The number of imidazole rings is 1. The normalized spacial score (nSPS) is 20.3. The third-order valence-electron chi connectivity index (χ3n) is 4.49. The second-order valence-corrected chi connectivity index (χ2v) is 6.22. The third kappa shape index (κ3) is 2.17. The molecule has 9 heteroatoms. The zero-order valence-corrected chi connectivity index (χ0v) is 13.3. The first kappa shape index (κ1) is 14.4. The summed E-state index contributed by atoms with van der Waals surface area (Å²) in [5.41, 5.74) is 9.14. The molecule has 3 aromatic heterocycles. The summed E-state index contributed by atoms with van der Waals surface area (Å²) < 4.78 is 3.81. The maximum atomic E-state index is 9.60. The molecule has 8 nitrogen and oxygen atoms in total. The van der Waals surface area contributed by atoms with Crippen LogP contribution in [0.5, 0.6) is 0 Å². The molecule has 3 aromatic rings. The number of fused-ring (bicyclic) bond motifs is 2. The van der Waals surface area contributed by atoms with Crippen LogP contribution in [0.25, 0.3) is 11.2 Å². The van der Waals surface area contributed by atoms with Crippen LogP contribution in [0.15, 0.2) is 12.5 Å². The van der Waals surface area contributed by atoms with Crippen molar-refractivity contribution in [2.75, 3.05) is 12.3 Å². The molecule has 4 rings (SSSR count). The van der Waals surface area contributed by atoms with Gasteiger partial charge < -0.3 is 15.4 Å². The Kier molecular flexibility index (Phi) is 3.24. The molecular formula is C14H16ClN7O. The number of aliphatic hydroxyl groups excluding tert-OH is 1. The fourth-order valence-corrected chi connectivity index (χ4v) is 3.71. The zero-order chi connectivity index (χ0) is 16.1. The first-order valence-electron chi connectivity index (χ1n) is 7.35. The molecule has 0 bridgehead atoms.